The van der Waals surface area contributed by atoms with Crippen molar-refractivity contribution in [3.63, 3.8) is 0 Å². The van der Waals surface area contributed by atoms with E-state index >= 15 is 0 Å². The molecule has 2 aromatic heterocycles. The van der Waals surface area contributed by atoms with E-state index in [1.807, 2.05) is 121 Å². The van der Waals surface area contributed by atoms with E-state index in [1.54, 1.807) is 33.6 Å². The molecule has 8 aromatic rings. The lowest BCUT2D eigenvalue weighted by Gasteiger charge is -2.25. The highest BCUT2D eigenvalue weighted by molar-refractivity contribution is 6.36. The smallest absolute Gasteiger partial charge is 0.113 e. The summed E-state index contributed by atoms with van der Waals surface area (Å²) in [5, 5.41) is 41.7. The molecule has 0 amide bonds. The summed E-state index contributed by atoms with van der Waals surface area (Å²) in [7, 11) is 0. The van der Waals surface area contributed by atoms with Crippen molar-refractivity contribution in [2.45, 2.75) is 37.1 Å². The summed E-state index contributed by atoms with van der Waals surface area (Å²) < 4.78 is 3.51. The molecule has 12 heteroatoms. The number of nitrogens with zero attached hydrogens (tertiary/aromatic N) is 6. The van der Waals surface area contributed by atoms with Gasteiger partial charge in [0.25, 0.3) is 0 Å². The van der Waals surface area contributed by atoms with Crippen LogP contribution in [-0.2, 0) is 12.8 Å². The highest BCUT2D eigenvalue weighted by Crippen LogP contribution is 2.37. The Labute approximate surface area is 332 Å². The first-order chi connectivity index (χ1) is 26.3. The van der Waals surface area contributed by atoms with Crippen LogP contribution in [0, 0.1) is 0 Å². The molecule has 54 heavy (non-hydrogen) atoms. The predicted octanol–water partition coefficient (Wildman–Crippen LogP) is 10.5. The molecule has 0 aliphatic rings. The number of hydrogen-bond acceptors (Lipinski definition) is 6. The zero-order valence-corrected chi connectivity index (χ0v) is 31.7. The van der Waals surface area contributed by atoms with Crippen LogP contribution < -0.4 is 0 Å². The van der Waals surface area contributed by atoms with E-state index in [-0.39, 0.29) is 0 Å². The van der Waals surface area contributed by atoms with Gasteiger partial charge in [0.2, 0.25) is 0 Å². The molecular weight excluding hydrogens is 762 g/mol. The van der Waals surface area contributed by atoms with Gasteiger partial charge in [-0.15, -0.1) is 10.2 Å². The molecule has 0 aliphatic heterocycles. The highest BCUT2D eigenvalue weighted by Gasteiger charge is 2.29. The average Bonchev–Trinajstić information content (AvgIpc) is 3.83. The molecule has 0 unspecified atom stereocenters. The van der Waals surface area contributed by atoms with Crippen LogP contribution in [-0.4, -0.2) is 40.2 Å². The van der Waals surface area contributed by atoms with Crippen molar-refractivity contribution in [2.75, 3.05) is 0 Å². The van der Waals surface area contributed by atoms with Gasteiger partial charge in [-0.25, -0.2) is 9.36 Å². The fourth-order valence-electron chi connectivity index (χ4n) is 6.55. The van der Waals surface area contributed by atoms with Gasteiger partial charge in [-0.3, -0.25) is 0 Å². The minimum absolute atomic E-state index is 0.419. The van der Waals surface area contributed by atoms with Crippen LogP contribution >= 0.6 is 46.4 Å². The first-order valence-corrected chi connectivity index (χ1v) is 18.7. The monoisotopic (exact) mass is 794 g/mol. The number of fused-ring (bicyclic) bond motifs is 2. The van der Waals surface area contributed by atoms with Gasteiger partial charge in [0.05, 0.1) is 23.1 Å². The maximum absolute atomic E-state index is 11.2. The fraction of sp³-hybridized carbons (Fsp3) is 0.143. The van der Waals surface area contributed by atoms with E-state index in [9.17, 15) is 10.2 Å². The van der Waals surface area contributed by atoms with Crippen LogP contribution in [0.4, 0.5) is 0 Å². The van der Waals surface area contributed by atoms with Crippen LogP contribution in [0.3, 0.4) is 0 Å². The van der Waals surface area contributed by atoms with Crippen molar-refractivity contribution in [1.82, 2.24) is 30.0 Å². The van der Waals surface area contributed by atoms with Crippen LogP contribution in [0.25, 0.3) is 22.1 Å². The topological polar surface area (TPSA) is 102 Å². The maximum Gasteiger partial charge on any atom is 0.113 e. The predicted molar refractivity (Wildman–Crippen MR) is 216 cm³/mol. The summed E-state index contributed by atoms with van der Waals surface area (Å²) in [5.74, 6) is 0. The Bertz CT molecular complexity index is 2260. The summed E-state index contributed by atoms with van der Waals surface area (Å²) in [6.07, 6.45) is -0.767. The Hall–Kier alpha value is -4.80. The lowest BCUT2D eigenvalue weighted by atomic mass is 9.96. The summed E-state index contributed by atoms with van der Waals surface area (Å²) in [6, 6.07) is 44.3. The van der Waals surface area contributed by atoms with Gasteiger partial charge < -0.3 is 10.2 Å². The van der Waals surface area contributed by atoms with E-state index in [4.69, 9.17) is 46.4 Å². The third-order valence-corrected chi connectivity index (χ3v) is 10.8. The number of aliphatic hydroxyl groups excluding tert-OH is 2. The number of halogens is 4. The number of hydrogen-bond donors (Lipinski definition) is 2. The van der Waals surface area contributed by atoms with Crippen molar-refractivity contribution in [3.05, 3.63) is 188 Å². The molecular formula is C42H34Cl4N6O2. The maximum atomic E-state index is 11.2. The summed E-state index contributed by atoms with van der Waals surface area (Å²) >= 11 is 25.6. The lowest BCUT2D eigenvalue weighted by molar-refractivity contribution is 0.107. The van der Waals surface area contributed by atoms with E-state index in [0.717, 1.165) is 44.3 Å². The molecule has 8 nitrogen and oxygen atoms in total. The van der Waals surface area contributed by atoms with Crippen molar-refractivity contribution in [3.8, 4) is 0 Å². The number of aromatic nitrogens is 6. The molecule has 6 aromatic carbocycles. The van der Waals surface area contributed by atoms with Crippen molar-refractivity contribution in [2.24, 2.45) is 0 Å². The second kappa shape index (κ2) is 17.1. The standard InChI is InChI=1S/2C21H17Cl2N3O/c2*22-16-9-6-10-17(23)15(16)13-20(21(27)14-7-2-1-3-8-14)26-19-12-5-4-11-18(19)24-25-26/h2*1-12,20-21,27H,13H2/t2*20-,21-/m10/s1. The van der Waals surface area contributed by atoms with Gasteiger partial charge >= 0.3 is 0 Å². The third kappa shape index (κ3) is 8.15. The summed E-state index contributed by atoms with van der Waals surface area (Å²) in [5.41, 5.74) is 6.39. The lowest BCUT2D eigenvalue weighted by Crippen LogP contribution is -2.22. The third-order valence-electron chi connectivity index (χ3n) is 9.34. The largest absolute Gasteiger partial charge is 0.386 e. The molecule has 0 saturated carbocycles. The molecule has 0 fully saturated rings. The Morgan fingerprint density at radius 2 is 0.759 bits per heavy atom. The van der Waals surface area contributed by atoms with E-state index in [1.165, 1.54) is 0 Å². The molecule has 0 radical (unpaired) electrons. The van der Waals surface area contributed by atoms with Gasteiger partial charge in [-0.05, 0) is 70.8 Å². The molecule has 0 saturated heterocycles. The Morgan fingerprint density at radius 3 is 1.13 bits per heavy atom. The van der Waals surface area contributed by atoms with E-state index < -0.39 is 24.3 Å². The molecule has 4 atom stereocenters. The molecule has 0 spiro atoms. The van der Waals surface area contributed by atoms with Gasteiger partial charge in [0, 0.05) is 32.9 Å². The van der Waals surface area contributed by atoms with E-state index in [2.05, 4.69) is 20.6 Å². The highest BCUT2D eigenvalue weighted by atomic mass is 35.5. The quantitative estimate of drug-likeness (QED) is 0.143. The molecule has 2 heterocycles. The normalized spacial score (nSPS) is 13.6. The van der Waals surface area contributed by atoms with Crippen LogP contribution in [0.2, 0.25) is 20.1 Å². The minimum atomic E-state index is -0.802. The first-order valence-electron chi connectivity index (χ1n) is 17.2. The number of rotatable bonds is 10. The minimum Gasteiger partial charge on any atom is -0.386 e. The van der Waals surface area contributed by atoms with Crippen LogP contribution in [0.15, 0.2) is 146 Å². The van der Waals surface area contributed by atoms with Crippen LogP contribution in [0.1, 0.15) is 46.5 Å². The van der Waals surface area contributed by atoms with Crippen LogP contribution in [0.5, 0.6) is 0 Å². The van der Waals surface area contributed by atoms with Gasteiger partial charge in [0.15, 0.2) is 0 Å². The number of aliphatic hydroxyl groups is 2. The Morgan fingerprint density at radius 1 is 0.426 bits per heavy atom. The Balaban J connectivity index is 0.000000167. The SMILES string of the molecule is O[C@@H](c1ccccc1)[C@H](Cc1c(Cl)cccc1Cl)n1nnc2ccccc21.O[C@H](c1ccccc1)[C@@H](Cc1c(Cl)cccc1Cl)n1nnc2ccccc21. The second-order valence-corrected chi connectivity index (χ2v) is 14.3. The molecule has 2 N–H and O–H groups in total. The Kier molecular flexibility index (Phi) is 11.9. The van der Waals surface area contributed by atoms with Crippen molar-refractivity contribution < 1.29 is 10.2 Å². The van der Waals surface area contributed by atoms with Gasteiger partial charge in [-0.1, -0.05) is 154 Å². The summed E-state index contributed by atoms with van der Waals surface area (Å²) in [4.78, 5) is 0. The molecule has 8 rings (SSSR count). The van der Waals surface area contributed by atoms with Gasteiger partial charge in [0.1, 0.15) is 23.2 Å². The number of para-hydroxylation sites is 2. The average molecular weight is 797 g/mol. The summed E-state index contributed by atoms with van der Waals surface area (Å²) in [6.45, 7) is 0. The first kappa shape index (κ1) is 37.5. The molecule has 0 aliphatic carbocycles. The van der Waals surface area contributed by atoms with E-state index in [0.29, 0.717) is 32.9 Å². The number of benzene rings is 6. The fourth-order valence-corrected chi connectivity index (χ4v) is 7.65. The molecule has 272 valence electrons. The van der Waals surface area contributed by atoms with Crippen molar-refractivity contribution in [1.29, 1.82) is 0 Å². The molecule has 0 bridgehead atoms. The zero-order chi connectivity index (χ0) is 37.6. The zero-order valence-electron chi connectivity index (χ0n) is 28.7. The van der Waals surface area contributed by atoms with Gasteiger partial charge in [-0.2, -0.15) is 0 Å². The van der Waals surface area contributed by atoms with Crippen molar-refractivity contribution >= 4 is 68.5 Å². The second-order valence-electron chi connectivity index (χ2n) is 12.7.